The fraction of sp³-hybridized carbons (Fsp3) is 0.500. The maximum atomic E-state index is 15.1. The van der Waals surface area contributed by atoms with E-state index in [0.717, 1.165) is 55.7 Å². The van der Waals surface area contributed by atoms with E-state index in [4.69, 9.17) is 11.6 Å². The van der Waals surface area contributed by atoms with Crippen LogP contribution in [0.1, 0.15) is 48.4 Å². The van der Waals surface area contributed by atoms with Crippen molar-refractivity contribution in [2.75, 3.05) is 49.9 Å². The van der Waals surface area contributed by atoms with Gasteiger partial charge in [-0.25, -0.2) is 9.37 Å². The third kappa shape index (κ3) is 7.68. The van der Waals surface area contributed by atoms with E-state index < -0.39 is 0 Å². The van der Waals surface area contributed by atoms with Gasteiger partial charge in [-0.05, 0) is 94.9 Å². The molecule has 204 valence electrons. The van der Waals surface area contributed by atoms with Crippen molar-refractivity contribution in [1.82, 2.24) is 30.4 Å². The number of rotatable bonds is 9. The smallest absolute Gasteiger partial charge is 0.229 e. The summed E-state index contributed by atoms with van der Waals surface area (Å²) in [6.07, 6.45) is 5.55. The van der Waals surface area contributed by atoms with Gasteiger partial charge >= 0.3 is 0 Å². The zero-order chi connectivity index (χ0) is 26.9. The molecule has 2 aliphatic heterocycles. The molecule has 0 atom stereocenters. The fourth-order valence-corrected chi connectivity index (χ4v) is 4.61. The van der Waals surface area contributed by atoms with Crippen molar-refractivity contribution < 1.29 is 4.39 Å². The molecule has 0 bridgehead atoms. The SMILES string of the molecule is C1CNC1.Cc1cc(Nc2nc(Nc3cc(C)c(C4CCN(CCCN=O)CC4)cc3F)ncc2Cl)n[nH]1. The zero-order valence-corrected chi connectivity index (χ0v) is 22.6. The molecule has 1 aromatic carbocycles. The number of H-pyrrole nitrogens is 1. The molecule has 2 aliphatic rings. The Morgan fingerprint density at radius 2 is 1.92 bits per heavy atom. The van der Waals surface area contributed by atoms with Gasteiger partial charge in [0.25, 0.3) is 0 Å². The molecule has 10 nitrogen and oxygen atoms in total. The van der Waals surface area contributed by atoms with E-state index in [1.165, 1.54) is 25.7 Å². The van der Waals surface area contributed by atoms with Crippen LogP contribution in [0.4, 0.5) is 27.7 Å². The lowest BCUT2D eigenvalue weighted by Crippen LogP contribution is -2.34. The molecule has 0 aliphatic carbocycles. The van der Waals surface area contributed by atoms with Crippen LogP contribution in [0.5, 0.6) is 0 Å². The summed E-state index contributed by atoms with van der Waals surface area (Å²) in [5, 5.41) is 19.3. The van der Waals surface area contributed by atoms with Gasteiger partial charge in [-0.1, -0.05) is 16.8 Å². The normalized spacial score (nSPS) is 15.8. The molecule has 4 heterocycles. The first-order valence-electron chi connectivity index (χ1n) is 13.0. The Hall–Kier alpha value is -3.15. The minimum Gasteiger partial charge on any atom is -0.322 e. The molecule has 12 heteroatoms. The molecule has 0 unspecified atom stereocenters. The Labute approximate surface area is 227 Å². The van der Waals surface area contributed by atoms with Crippen molar-refractivity contribution >= 4 is 34.9 Å². The van der Waals surface area contributed by atoms with Gasteiger partial charge in [0.2, 0.25) is 5.95 Å². The van der Waals surface area contributed by atoms with Crippen molar-refractivity contribution in [3.05, 3.63) is 57.0 Å². The van der Waals surface area contributed by atoms with Gasteiger partial charge in [-0.2, -0.15) is 15.0 Å². The fourth-order valence-electron chi connectivity index (χ4n) is 4.47. The first-order chi connectivity index (χ1) is 18.4. The number of hydrogen-bond acceptors (Lipinski definition) is 9. The Balaban J connectivity index is 0.000000768. The second-order valence-corrected chi connectivity index (χ2v) is 10.1. The van der Waals surface area contributed by atoms with Crippen molar-refractivity contribution in [1.29, 1.82) is 0 Å². The van der Waals surface area contributed by atoms with Crippen LogP contribution in [0, 0.1) is 24.6 Å². The van der Waals surface area contributed by atoms with E-state index >= 15 is 4.39 Å². The van der Waals surface area contributed by atoms with Gasteiger partial charge in [0.05, 0.1) is 18.4 Å². The number of piperidine rings is 1. The largest absolute Gasteiger partial charge is 0.322 e. The minimum absolute atomic E-state index is 0.225. The number of nitrogens with zero attached hydrogens (tertiary/aromatic N) is 5. The maximum absolute atomic E-state index is 15.1. The first kappa shape index (κ1) is 27.9. The van der Waals surface area contributed by atoms with E-state index in [2.05, 4.69) is 46.2 Å². The van der Waals surface area contributed by atoms with Gasteiger partial charge in [-0.15, -0.1) is 0 Å². The van der Waals surface area contributed by atoms with Crippen LogP contribution in [0.2, 0.25) is 5.02 Å². The molecule has 4 N–H and O–H groups in total. The number of nitrogens with one attached hydrogen (secondary N) is 4. The summed E-state index contributed by atoms with van der Waals surface area (Å²) in [4.78, 5) is 21.2. The highest BCUT2D eigenvalue weighted by Gasteiger charge is 2.23. The topological polar surface area (TPSA) is 123 Å². The number of likely N-dealkylation sites (tertiary alicyclic amines) is 1. The Bertz CT molecular complexity index is 1210. The summed E-state index contributed by atoms with van der Waals surface area (Å²) < 4.78 is 15.1. The Morgan fingerprint density at radius 1 is 1.18 bits per heavy atom. The van der Waals surface area contributed by atoms with E-state index in [1.54, 1.807) is 12.1 Å². The molecule has 2 fully saturated rings. The summed E-state index contributed by atoms with van der Waals surface area (Å²) in [6.45, 7) is 9.50. The average Bonchev–Trinajstić information content (AvgIpc) is 3.27. The predicted molar refractivity (Wildman–Crippen MR) is 149 cm³/mol. The quantitative estimate of drug-likeness (QED) is 0.208. The summed E-state index contributed by atoms with van der Waals surface area (Å²) >= 11 is 6.22. The molecular formula is C26H35ClFN9O. The number of aromatic amines is 1. The van der Waals surface area contributed by atoms with Crippen LogP contribution in [0.15, 0.2) is 29.6 Å². The van der Waals surface area contributed by atoms with Gasteiger partial charge in [-0.3, -0.25) is 5.10 Å². The predicted octanol–water partition coefficient (Wildman–Crippen LogP) is 5.41. The highest BCUT2D eigenvalue weighted by molar-refractivity contribution is 6.32. The average molecular weight is 544 g/mol. The summed E-state index contributed by atoms with van der Waals surface area (Å²) in [7, 11) is 0. The summed E-state index contributed by atoms with van der Waals surface area (Å²) in [5.41, 5.74) is 3.26. The summed E-state index contributed by atoms with van der Waals surface area (Å²) in [6, 6.07) is 5.24. The molecule has 0 radical (unpaired) electrons. The standard InChI is InChI=1S/C23H28ClFN8O.C3H7N/c1-14-10-20(19(25)12-17(14)16-4-8-33(9-5-16)7-3-6-27-34)28-23-26-13-18(24)22(30-23)29-21-11-15(2)31-32-21;1-2-4-3-1/h10-13,16H,3-9H2,1-2H3,(H3,26,28,29,30,31,32);4H,1-3H2. The van der Waals surface area contributed by atoms with Gasteiger partial charge in [0.1, 0.15) is 10.8 Å². The second-order valence-electron chi connectivity index (χ2n) is 9.69. The van der Waals surface area contributed by atoms with Crippen LogP contribution in [0.3, 0.4) is 0 Å². The monoisotopic (exact) mass is 543 g/mol. The van der Waals surface area contributed by atoms with Crippen molar-refractivity contribution in [2.24, 2.45) is 5.18 Å². The van der Waals surface area contributed by atoms with Crippen LogP contribution in [-0.2, 0) is 0 Å². The van der Waals surface area contributed by atoms with E-state index in [9.17, 15) is 4.91 Å². The van der Waals surface area contributed by atoms with E-state index in [-0.39, 0.29) is 11.8 Å². The molecule has 3 aromatic rings. The number of nitroso groups, excluding NO2 is 1. The van der Waals surface area contributed by atoms with Crippen LogP contribution in [0.25, 0.3) is 0 Å². The van der Waals surface area contributed by atoms with Gasteiger partial charge in [0.15, 0.2) is 11.6 Å². The maximum Gasteiger partial charge on any atom is 0.229 e. The number of aryl methyl sites for hydroxylation is 2. The lowest BCUT2D eigenvalue weighted by Gasteiger charge is -2.32. The van der Waals surface area contributed by atoms with Crippen LogP contribution < -0.4 is 16.0 Å². The molecule has 0 spiro atoms. The number of benzene rings is 1. The zero-order valence-electron chi connectivity index (χ0n) is 21.9. The molecule has 2 aromatic heterocycles. The molecule has 0 saturated carbocycles. The lowest BCUT2D eigenvalue weighted by molar-refractivity contribution is 0.211. The van der Waals surface area contributed by atoms with Gasteiger partial charge < -0.3 is 20.9 Å². The van der Waals surface area contributed by atoms with Crippen LogP contribution in [-0.4, -0.2) is 64.3 Å². The number of hydrogen-bond donors (Lipinski definition) is 4. The third-order valence-corrected chi connectivity index (χ3v) is 7.03. The molecule has 0 amide bonds. The lowest BCUT2D eigenvalue weighted by atomic mass is 9.86. The van der Waals surface area contributed by atoms with Crippen molar-refractivity contribution in [3.63, 3.8) is 0 Å². The Morgan fingerprint density at radius 3 is 2.55 bits per heavy atom. The highest BCUT2D eigenvalue weighted by Crippen LogP contribution is 2.34. The summed E-state index contributed by atoms with van der Waals surface area (Å²) in [5.74, 6) is 1.13. The number of halogens is 2. The van der Waals surface area contributed by atoms with Gasteiger partial charge in [0, 0.05) is 18.3 Å². The van der Waals surface area contributed by atoms with E-state index in [0.29, 0.717) is 34.8 Å². The second kappa shape index (κ2) is 13.6. The third-order valence-electron chi connectivity index (χ3n) is 6.76. The number of anilines is 4. The molecule has 2 saturated heterocycles. The van der Waals surface area contributed by atoms with Crippen LogP contribution >= 0.6 is 11.6 Å². The number of aromatic nitrogens is 4. The van der Waals surface area contributed by atoms with Crippen molar-refractivity contribution in [2.45, 2.75) is 45.4 Å². The molecular weight excluding hydrogens is 509 g/mol. The van der Waals surface area contributed by atoms with E-state index in [1.807, 2.05) is 19.9 Å². The Kier molecular flexibility index (Phi) is 9.97. The van der Waals surface area contributed by atoms with Crippen molar-refractivity contribution in [3.8, 4) is 0 Å². The first-order valence-corrected chi connectivity index (χ1v) is 13.4. The minimum atomic E-state index is -0.351. The highest BCUT2D eigenvalue weighted by atomic mass is 35.5. The molecule has 38 heavy (non-hydrogen) atoms. The molecule has 5 rings (SSSR count).